The highest BCUT2D eigenvalue weighted by molar-refractivity contribution is 7.21. The molecule has 1 aliphatic heterocycles. The first-order valence-electron chi connectivity index (χ1n) is 14.0. The number of halogens is 2. The Morgan fingerprint density at radius 3 is 2.61 bits per heavy atom. The number of rotatable bonds is 9. The van der Waals surface area contributed by atoms with Gasteiger partial charge in [-0.3, -0.25) is 14.2 Å². The van der Waals surface area contributed by atoms with Gasteiger partial charge in [-0.15, -0.1) is 0 Å². The maximum Gasteiger partial charge on any atom is 0.281 e. The van der Waals surface area contributed by atoms with Gasteiger partial charge in [-0.05, 0) is 42.7 Å². The topological polar surface area (TPSA) is 98.6 Å². The van der Waals surface area contributed by atoms with Crippen LogP contribution in [0.4, 0.5) is 13.9 Å². The van der Waals surface area contributed by atoms with Crippen LogP contribution in [0.1, 0.15) is 24.0 Å². The van der Waals surface area contributed by atoms with Crippen LogP contribution in [0.25, 0.3) is 21.7 Å². The van der Waals surface area contributed by atoms with E-state index in [1.165, 1.54) is 24.9 Å². The van der Waals surface area contributed by atoms with Crippen molar-refractivity contribution in [2.24, 2.45) is 0 Å². The molecule has 1 amide bonds. The fraction of sp³-hybridized carbons (Fsp3) is 0.250. The molecule has 6 rings (SSSR count). The van der Waals surface area contributed by atoms with E-state index in [1.807, 2.05) is 35.2 Å². The van der Waals surface area contributed by atoms with Crippen molar-refractivity contribution in [3.05, 3.63) is 99.8 Å². The number of fused-ring (bicyclic) bond motifs is 1. The van der Waals surface area contributed by atoms with Crippen molar-refractivity contribution >= 4 is 32.7 Å². The van der Waals surface area contributed by atoms with Crippen LogP contribution in [-0.2, 0) is 17.9 Å². The van der Waals surface area contributed by atoms with Crippen LogP contribution < -0.4 is 25.2 Å². The lowest BCUT2D eigenvalue weighted by molar-refractivity contribution is -0.122. The lowest BCUT2D eigenvalue weighted by Gasteiger charge is -2.23. The van der Waals surface area contributed by atoms with E-state index in [9.17, 15) is 14.0 Å². The largest absolute Gasteiger partial charge is 0.497 e. The smallest absolute Gasteiger partial charge is 0.281 e. The van der Waals surface area contributed by atoms with Crippen LogP contribution in [0.5, 0.6) is 11.5 Å². The first-order chi connectivity index (χ1) is 21.4. The number of methoxy groups -OCH3 is 2. The molecule has 1 atom stereocenters. The highest BCUT2D eigenvalue weighted by Gasteiger charge is 2.33. The van der Waals surface area contributed by atoms with E-state index in [-0.39, 0.29) is 34.2 Å². The van der Waals surface area contributed by atoms with Crippen LogP contribution in [0.2, 0.25) is 0 Å². The van der Waals surface area contributed by atoms with E-state index in [2.05, 4.69) is 15.3 Å². The summed E-state index contributed by atoms with van der Waals surface area (Å²) in [4.78, 5) is 38.8. The molecular formula is C32H29F2N5O4S. The Morgan fingerprint density at radius 1 is 1.05 bits per heavy atom. The van der Waals surface area contributed by atoms with Crippen molar-refractivity contribution in [2.45, 2.75) is 32.0 Å². The zero-order valence-corrected chi connectivity index (χ0v) is 24.9. The number of benzene rings is 3. The predicted octanol–water partition coefficient (Wildman–Crippen LogP) is 5.15. The third kappa shape index (κ3) is 5.72. The zero-order chi connectivity index (χ0) is 30.8. The van der Waals surface area contributed by atoms with Crippen molar-refractivity contribution in [3.8, 4) is 22.9 Å². The lowest BCUT2D eigenvalue weighted by atomic mass is 10.1. The fourth-order valence-electron chi connectivity index (χ4n) is 5.37. The van der Waals surface area contributed by atoms with Gasteiger partial charge in [-0.25, -0.2) is 18.7 Å². The summed E-state index contributed by atoms with van der Waals surface area (Å²) in [6.45, 7) is 0.958. The molecule has 44 heavy (non-hydrogen) atoms. The Morgan fingerprint density at radius 2 is 1.86 bits per heavy atom. The lowest BCUT2D eigenvalue weighted by Crippen LogP contribution is -2.43. The predicted molar refractivity (Wildman–Crippen MR) is 164 cm³/mol. The number of nitrogens with one attached hydrogen (secondary N) is 1. The number of carbonyl (C=O) groups excluding carboxylic acids is 1. The highest BCUT2D eigenvalue weighted by Crippen LogP contribution is 2.34. The van der Waals surface area contributed by atoms with E-state index in [0.29, 0.717) is 41.7 Å². The minimum Gasteiger partial charge on any atom is -0.497 e. The Bertz CT molecular complexity index is 1900. The molecule has 0 saturated carbocycles. The summed E-state index contributed by atoms with van der Waals surface area (Å²) in [5, 5.41) is 3.48. The molecule has 2 aromatic heterocycles. The van der Waals surface area contributed by atoms with E-state index in [1.54, 1.807) is 18.2 Å². The van der Waals surface area contributed by atoms with E-state index in [0.717, 1.165) is 35.5 Å². The van der Waals surface area contributed by atoms with Gasteiger partial charge in [-0.2, -0.15) is 0 Å². The molecule has 0 radical (unpaired) electrons. The number of amides is 1. The second-order valence-electron chi connectivity index (χ2n) is 10.3. The van der Waals surface area contributed by atoms with Crippen molar-refractivity contribution in [1.29, 1.82) is 0 Å². The monoisotopic (exact) mass is 617 g/mol. The molecule has 3 heterocycles. The summed E-state index contributed by atoms with van der Waals surface area (Å²) < 4.78 is 41.1. The van der Waals surface area contributed by atoms with Crippen LogP contribution >= 0.6 is 11.3 Å². The maximum atomic E-state index is 15.1. The molecule has 3 aromatic carbocycles. The second kappa shape index (κ2) is 12.4. The summed E-state index contributed by atoms with van der Waals surface area (Å²) in [7, 11) is 3.03. The fourth-order valence-corrected chi connectivity index (χ4v) is 6.37. The van der Waals surface area contributed by atoms with Gasteiger partial charge in [-0.1, -0.05) is 41.7 Å². The van der Waals surface area contributed by atoms with Crippen LogP contribution in [0.3, 0.4) is 0 Å². The van der Waals surface area contributed by atoms with Gasteiger partial charge in [0.2, 0.25) is 5.91 Å². The van der Waals surface area contributed by atoms with Gasteiger partial charge >= 0.3 is 0 Å². The standard InChI is InChI=1S/C32H29F2N5O4S/c1-42-22-12-10-20(26(16-22)43-2)18-39-28(23-13-11-21(33)15-24(23)34)37-30-27(31(39)41)36-32(44-30)38-14-6-9-25(38)29(40)35-17-19-7-4-3-5-8-19/h3-5,7-8,10-13,15-16,25H,6,9,14,17-18H2,1-2H3,(H,35,40)/t25-/m1/s1. The summed E-state index contributed by atoms with van der Waals surface area (Å²) in [5.41, 5.74) is 1.17. The molecule has 1 fully saturated rings. The van der Waals surface area contributed by atoms with Crippen LogP contribution in [-0.4, -0.2) is 47.2 Å². The Labute approximate surface area is 255 Å². The third-order valence-corrected chi connectivity index (χ3v) is 8.60. The van der Waals surface area contributed by atoms with Gasteiger partial charge < -0.3 is 19.7 Å². The van der Waals surface area contributed by atoms with Crippen molar-refractivity contribution in [1.82, 2.24) is 19.9 Å². The summed E-state index contributed by atoms with van der Waals surface area (Å²) >= 11 is 1.16. The minimum absolute atomic E-state index is 0.0200. The number of hydrogen-bond donors (Lipinski definition) is 1. The minimum atomic E-state index is -0.855. The molecular weight excluding hydrogens is 588 g/mol. The normalized spacial score (nSPS) is 14.6. The summed E-state index contributed by atoms with van der Waals surface area (Å²) in [6.07, 6.45) is 1.41. The number of carbonyl (C=O) groups is 1. The highest BCUT2D eigenvalue weighted by atomic mass is 32.1. The van der Waals surface area contributed by atoms with E-state index in [4.69, 9.17) is 9.47 Å². The Kier molecular flexibility index (Phi) is 8.25. The van der Waals surface area contributed by atoms with Gasteiger partial charge in [0.1, 0.15) is 35.0 Å². The molecule has 12 heteroatoms. The maximum absolute atomic E-state index is 15.1. The first kappa shape index (κ1) is 29.2. The van der Waals surface area contributed by atoms with E-state index < -0.39 is 23.2 Å². The number of thiazole rings is 1. The average molecular weight is 618 g/mol. The number of nitrogens with zero attached hydrogens (tertiary/aromatic N) is 4. The first-order valence-corrected chi connectivity index (χ1v) is 14.8. The zero-order valence-electron chi connectivity index (χ0n) is 24.0. The van der Waals surface area contributed by atoms with Gasteiger partial charge in [0.05, 0.1) is 26.3 Å². The molecule has 0 aliphatic carbocycles. The number of aromatic nitrogens is 3. The van der Waals surface area contributed by atoms with Crippen LogP contribution in [0.15, 0.2) is 71.5 Å². The summed E-state index contributed by atoms with van der Waals surface area (Å²) in [6, 6.07) is 17.5. The SMILES string of the molecule is COc1ccc(Cn2c(-c3ccc(F)cc3F)nc3sc(N4CCC[C@@H]4C(=O)NCc4ccccc4)nc3c2=O)c(OC)c1. The molecule has 0 bridgehead atoms. The quantitative estimate of drug-likeness (QED) is 0.244. The van der Waals surface area contributed by atoms with E-state index >= 15 is 4.39 Å². The van der Waals surface area contributed by atoms with Crippen molar-refractivity contribution < 1.29 is 23.0 Å². The number of anilines is 1. The Balaban J connectivity index is 1.40. The molecule has 1 N–H and O–H groups in total. The molecule has 0 spiro atoms. The second-order valence-corrected chi connectivity index (χ2v) is 11.3. The third-order valence-electron chi connectivity index (χ3n) is 7.61. The molecule has 1 saturated heterocycles. The molecule has 9 nitrogen and oxygen atoms in total. The van der Waals surface area contributed by atoms with Gasteiger partial charge in [0, 0.05) is 30.8 Å². The molecule has 0 unspecified atom stereocenters. The Hall–Kier alpha value is -4.84. The van der Waals surface area contributed by atoms with Crippen molar-refractivity contribution in [3.63, 3.8) is 0 Å². The molecule has 1 aliphatic rings. The average Bonchev–Trinajstić information content (AvgIpc) is 3.70. The van der Waals surface area contributed by atoms with Gasteiger partial charge in [0.25, 0.3) is 5.56 Å². The van der Waals surface area contributed by atoms with Crippen LogP contribution in [0, 0.1) is 11.6 Å². The summed E-state index contributed by atoms with van der Waals surface area (Å²) in [5.74, 6) is -0.686. The number of hydrogen-bond acceptors (Lipinski definition) is 8. The van der Waals surface area contributed by atoms with Crippen molar-refractivity contribution in [2.75, 3.05) is 25.7 Å². The molecule has 5 aromatic rings. The number of ether oxygens (including phenoxy) is 2. The molecule has 226 valence electrons. The van der Waals surface area contributed by atoms with Gasteiger partial charge in [0.15, 0.2) is 15.5 Å².